The quantitative estimate of drug-likeness (QED) is 0.833. The molecule has 1 fully saturated rings. The predicted octanol–water partition coefficient (Wildman–Crippen LogP) is 1.16. The normalized spacial score (nSPS) is 15.3. The minimum absolute atomic E-state index is 0.0994. The van der Waals surface area contributed by atoms with E-state index in [-0.39, 0.29) is 5.56 Å². The van der Waals surface area contributed by atoms with Gasteiger partial charge in [0.1, 0.15) is 11.6 Å². The van der Waals surface area contributed by atoms with Crippen molar-refractivity contribution >= 4 is 23.2 Å². The van der Waals surface area contributed by atoms with Crippen LogP contribution in [0.5, 0.6) is 0 Å². The van der Waals surface area contributed by atoms with Crippen LogP contribution in [0.1, 0.15) is 0 Å². The van der Waals surface area contributed by atoms with Crippen LogP contribution in [0.4, 0.5) is 11.6 Å². The third kappa shape index (κ3) is 2.85. The van der Waals surface area contributed by atoms with E-state index in [1.165, 1.54) is 4.68 Å². The average Bonchev–Trinajstić information content (AvgIpc) is 2.51. The highest BCUT2D eigenvalue weighted by molar-refractivity contribution is 6.32. The molecule has 2 aromatic heterocycles. The van der Waals surface area contributed by atoms with Crippen LogP contribution >= 0.6 is 11.6 Å². The van der Waals surface area contributed by atoms with Crippen LogP contribution in [0, 0.1) is 0 Å². The summed E-state index contributed by atoms with van der Waals surface area (Å²) >= 11 is 6.18. The van der Waals surface area contributed by atoms with Gasteiger partial charge in [-0.25, -0.2) is 9.67 Å². The lowest BCUT2D eigenvalue weighted by atomic mass is 10.3. The van der Waals surface area contributed by atoms with Crippen molar-refractivity contribution in [3.63, 3.8) is 0 Å². The van der Waals surface area contributed by atoms with Gasteiger partial charge in [-0.1, -0.05) is 11.6 Å². The molecule has 0 radical (unpaired) electrons. The van der Waals surface area contributed by atoms with Gasteiger partial charge in [-0.2, -0.15) is 5.10 Å². The number of aromatic nitrogens is 3. The summed E-state index contributed by atoms with van der Waals surface area (Å²) in [6.45, 7) is 3.28. The van der Waals surface area contributed by atoms with Gasteiger partial charge in [0.2, 0.25) is 0 Å². The maximum absolute atomic E-state index is 11.4. The van der Waals surface area contributed by atoms with Crippen molar-refractivity contribution in [3.8, 4) is 0 Å². The largest absolute Gasteiger partial charge is 0.352 e. The highest BCUT2D eigenvalue weighted by Crippen LogP contribution is 2.24. The zero-order chi connectivity index (χ0) is 14.8. The molecule has 110 valence electrons. The Morgan fingerprint density at radius 3 is 2.48 bits per heavy atom. The average molecular weight is 306 g/mol. The zero-order valence-corrected chi connectivity index (χ0v) is 12.5. The molecule has 1 aliphatic heterocycles. The molecule has 0 unspecified atom stereocenters. The maximum atomic E-state index is 11.4. The van der Waals surface area contributed by atoms with Gasteiger partial charge in [0.15, 0.2) is 0 Å². The van der Waals surface area contributed by atoms with Crippen molar-refractivity contribution in [1.29, 1.82) is 0 Å². The molecular weight excluding hydrogens is 290 g/mol. The van der Waals surface area contributed by atoms with E-state index >= 15 is 0 Å². The molecule has 1 saturated heterocycles. The fraction of sp³-hybridized carbons (Fsp3) is 0.357. The van der Waals surface area contributed by atoms with Crippen molar-refractivity contribution in [2.75, 3.05) is 36.0 Å². The molecule has 2 aromatic rings. The van der Waals surface area contributed by atoms with E-state index in [2.05, 4.69) is 19.9 Å². The van der Waals surface area contributed by atoms with E-state index in [4.69, 9.17) is 11.6 Å². The summed E-state index contributed by atoms with van der Waals surface area (Å²) in [5.74, 6) is 1.65. The smallest absolute Gasteiger partial charge is 0.266 e. The monoisotopic (exact) mass is 305 g/mol. The maximum Gasteiger partial charge on any atom is 0.266 e. The van der Waals surface area contributed by atoms with Crippen molar-refractivity contribution < 1.29 is 0 Å². The second kappa shape index (κ2) is 5.73. The number of halogens is 1. The SMILES string of the molecule is Cn1nc(N2CCN(c3ncccc3Cl)CC2)ccc1=O. The van der Waals surface area contributed by atoms with Crippen LogP contribution in [0.15, 0.2) is 35.3 Å². The Morgan fingerprint density at radius 2 is 1.81 bits per heavy atom. The van der Waals surface area contributed by atoms with E-state index in [0.29, 0.717) is 5.02 Å². The fourth-order valence-electron chi connectivity index (χ4n) is 2.42. The van der Waals surface area contributed by atoms with Crippen LogP contribution in [0.2, 0.25) is 5.02 Å². The Balaban J connectivity index is 1.72. The fourth-order valence-corrected chi connectivity index (χ4v) is 2.66. The summed E-state index contributed by atoms with van der Waals surface area (Å²) in [7, 11) is 1.66. The topological polar surface area (TPSA) is 54.3 Å². The van der Waals surface area contributed by atoms with E-state index in [0.717, 1.165) is 37.8 Å². The Bertz CT molecular complexity index is 694. The van der Waals surface area contributed by atoms with Crippen LogP contribution in [0.3, 0.4) is 0 Å². The molecule has 0 N–H and O–H groups in total. The molecule has 0 spiro atoms. The summed E-state index contributed by atoms with van der Waals surface area (Å²) in [5.41, 5.74) is -0.0994. The number of rotatable bonds is 2. The molecule has 0 amide bonds. The molecule has 3 heterocycles. The molecule has 21 heavy (non-hydrogen) atoms. The minimum atomic E-state index is -0.0994. The van der Waals surface area contributed by atoms with Gasteiger partial charge in [-0.15, -0.1) is 0 Å². The van der Waals surface area contributed by atoms with Gasteiger partial charge < -0.3 is 9.80 Å². The number of nitrogens with zero attached hydrogens (tertiary/aromatic N) is 5. The third-order valence-corrected chi connectivity index (χ3v) is 3.88. The molecule has 0 aliphatic carbocycles. The molecule has 0 saturated carbocycles. The molecule has 7 heteroatoms. The molecule has 6 nitrogen and oxygen atoms in total. The first kappa shape index (κ1) is 13.9. The van der Waals surface area contributed by atoms with Crippen LogP contribution < -0.4 is 15.4 Å². The summed E-state index contributed by atoms with van der Waals surface area (Å²) < 4.78 is 1.36. The molecule has 0 atom stereocenters. The Hall–Kier alpha value is -2.08. The highest BCUT2D eigenvalue weighted by atomic mass is 35.5. The molecule has 0 aromatic carbocycles. The van der Waals surface area contributed by atoms with E-state index in [1.807, 2.05) is 12.1 Å². The van der Waals surface area contributed by atoms with Crippen molar-refractivity contribution in [3.05, 3.63) is 45.8 Å². The number of anilines is 2. The summed E-state index contributed by atoms with van der Waals surface area (Å²) in [5, 5.41) is 4.95. The second-order valence-electron chi connectivity index (χ2n) is 4.94. The molecular formula is C14H16ClN5O. The van der Waals surface area contributed by atoms with Crippen molar-refractivity contribution in [1.82, 2.24) is 14.8 Å². The third-order valence-electron chi connectivity index (χ3n) is 3.59. The zero-order valence-electron chi connectivity index (χ0n) is 11.7. The standard InChI is InChI=1S/C14H16ClN5O/c1-18-13(21)5-4-12(17-18)19-7-9-20(10-8-19)14-11(15)3-2-6-16-14/h2-6H,7-10H2,1H3. The molecule has 3 rings (SSSR count). The van der Waals surface area contributed by atoms with Gasteiger partial charge in [-0.3, -0.25) is 4.79 Å². The van der Waals surface area contributed by atoms with Gasteiger partial charge in [0, 0.05) is 45.5 Å². The van der Waals surface area contributed by atoms with Gasteiger partial charge >= 0.3 is 0 Å². The summed E-state index contributed by atoms with van der Waals surface area (Å²) in [6, 6.07) is 7.00. The number of piperazine rings is 1. The summed E-state index contributed by atoms with van der Waals surface area (Å²) in [4.78, 5) is 20.0. The first-order chi connectivity index (χ1) is 10.1. The van der Waals surface area contributed by atoms with Gasteiger partial charge in [0.05, 0.1) is 5.02 Å². The van der Waals surface area contributed by atoms with Crippen LogP contribution in [0.25, 0.3) is 0 Å². The Labute approximate surface area is 127 Å². The van der Waals surface area contributed by atoms with Crippen molar-refractivity contribution in [2.24, 2.45) is 7.05 Å². The lowest BCUT2D eigenvalue weighted by Crippen LogP contribution is -2.47. The summed E-state index contributed by atoms with van der Waals surface area (Å²) in [6.07, 6.45) is 1.75. The molecule has 1 aliphatic rings. The first-order valence-electron chi connectivity index (χ1n) is 6.80. The lowest BCUT2D eigenvalue weighted by molar-refractivity contribution is 0.620. The van der Waals surface area contributed by atoms with Crippen molar-refractivity contribution in [2.45, 2.75) is 0 Å². The van der Waals surface area contributed by atoms with E-state index in [1.54, 1.807) is 25.4 Å². The molecule has 0 bridgehead atoms. The van der Waals surface area contributed by atoms with Crippen LogP contribution in [-0.2, 0) is 7.05 Å². The number of pyridine rings is 1. The highest BCUT2D eigenvalue weighted by Gasteiger charge is 2.20. The predicted molar refractivity (Wildman–Crippen MR) is 83.2 cm³/mol. The number of hydrogen-bond donors (Lipinski definition) is 0. The Morgan fingerprint density at radius 1 is 1.10 bits per heavy atom. The van der Waals surface area contributed by atoms with Crippen LogP contribution in [-0.4, -0.2) is 40.9 Å². The van der Waals surface area contributed by atoms with E-state index in [9.17, 15) is 4.79 Å². The number of aryl methyl sites for hydroxylation is 1. The Kier molecular flexibility index (Phi) is 3.79. The number of hydrogen-bond acceptors (Lipinski definition) is 5. The second-order valence-corrected chi connectivity index (χ2v) is 5.34. The van der Waals surface area contributed by atoms with Gasteiger partial charge in [0.25, 0.3) is 5.56 Å². The van der Waals surface area contributed by atoms with E-state index < -0.39 is 0 Å². The van der Waals surface area contributed by atoms with Gasteiger partial charge in [-0.05, 0) is 18.2 Å². The lowest BCUT2D eigenvalue weighted by Gasteiger charge is -2.36. The minimum Gasteiger partial charge on any atom is -0.352 e. The first-order valence-corrected chi connectivity index (χ1v) is 7.18.